The SMILES string of the molecule is C[C@@H](Br)C(=O)NNC(=O)c1ccc([N+](=O)[O-])cc1. The van der Waals surface area contributed by atoms with Crippen LogP contribution < -0.4 is 10.9 Å². The van der Waals surface area contributed by atoms with Gasteiger partial charge in [-0.1, -0.05) is 15.9 Å². The molecule has 1 rings (SSSR count). The quantitative estimate of drug-likeness (QED) is 0.496. The molecule has 0 aliphatic carbocycles. The molecule has 96 valence electrons. The molecule has 0 unspecified atom stereocenters. The number of halogens is 1. The van der Waals surface area contributed by atoms with Gasteiger partial charge in [0.05, 0.1) is 9.75 Å². The van der Waals surface area contributed by atoms with E-state index in [1.807, 2.05) is 0 Å². The summed E-state index contributed by atoms with van der Waals surface area (Å²) in [6.45, 7) is 1.60. The lowest BCUT2D eigenvalue weighted by atomic mass is 10.2. The molecule has 0 saturated carbocycles. The van der Waals surface area contributed by atoms with Crippen LogP contribution in [-0.2, 0) is 4.79 Å². The van der Waals surface area contributed by atoms with Crippen molar-refractivity contribution in [3.63, 3.8) is 0 Å². The van der Waals surface area contributed by atoms with Gasteiger partial charge in [-0.15, -0.1) is 0 Å². The Morgan fingerprint density at radius 1 is 1.28 bits per heavy atom. The summed E-state index contributed by atoms with van der Waals surface area (Å²) >= 11 is 3.03. The number of non-ortho nitro benzene ring substituents is 1. The number of nitro benzene ring substituents is 1. The number of hydrazine groups is 1. The van der Waals surface area contributed by atoms with Crippen LogP contribution in [-0.4, -0.2) is 21.6 Å². The second-order valence-corrected chi connectivity index (χ2v) is 4.74. The molecule has 0 heterocycles. The number of nitro groups is 1. The van der Waals surface area contributed by atoms with Crippen LogP contribution in [0.15, 0.2) is 24.3 Å². The predicted octanol–water partition coefficient (Wildman–Crippen LogP) is 1.14. The van der Waals surface area contributed by atoms with Gasteiger partial charge in [-0.05, 0) is 19.1 Å². The van der Waals surface area contributed by atoms with Crippen molar-refractivity contribution in [2.24, 2.45) is 0 Å². The Kier molecular flexibility index (Phi) is 4.78. The minimum Gasteiger partial charge on any atom is -0.272 e. The molecule has 2 N–H and O–H groups in total. The van der Waals surface area contributed by atoms with Gasteiger partial charge < -0.3 is 0 Å². The lowest BCUT2D eigenvalue weighted by Gasteiger charge is -2.08. The van der Waals surface area contributed by atoms with Gasteiger partial charge in [0, 0.05) is 17.7 Å². The molecule has 2 amide bonds. The van der Waals surface area contributed by atoms with E-state index in [1.54, 1.807) is 6.92 Å². The highest BCUT2D eigenvalue weighted by Crippen LogP contribution is 2.11. The van der Waals surface area contributed by atoms with Crippen molar-refractivity contribution in [1.82, 2.24) is 10.9 Å². The highest BCUT2D eigenvalue weighted by Gasteiger charge is 2.12. The Labute approximate surface area is 111 Å². The smallest absolute Gasteiger partial charge is 0.269 e. The molecule has 0 fully saturated rings. The second kappa shape index (κ2) is 6.10. The van der Waals surface area contributed by atoms with E-state index in [4.69, 9.17) is 0 Å². The summed E-state index contributed by atoms with van der Waals surface area (Å²) in [5.41, 5.74) is 4.49. The summed E-state index contributed by atoms with van der Waals surface area (Å²) in [5.74, 6) is -0.948. The Hall–Kier alpha value is -1.96. The first kappa shape index (κ1) is 14.1. The zero-order valence-electron chi connectivity index (χ0n) is 9.34. The lowest BCUT2D eigenvalue weighted by Crippen LogP contribution is -2.44. The highest BCUT2D eigenvalue weighted by atomic mass is 79.9. The van der Waals surface area contributed by atoms with Crippen molar-refractivity contribution >= 4 is 33.4 Å². The van der Waals surface area contributed by atoms with Gasteiger partial charge in [0.25, 0.3) is 17.5 Å². The number of alkyl halides is 1. The van der Waals surface area contributed by atoms with Gasteiger partial charge in [-0.3, -0.25) is 30.6 Å². The fourth-order valence-electron chi connectivity index (χ4n) is 1.02. The van der Waals surface area contributed by atoms with Crippen LogP contribution in [0.25, 0.3) is 0 Å². The molecule has 0 spiro atoms. The van der Waals surface area contributed by atoms with E-state index in [0.717, 1.165) is 0 Å². The number of nitrogens with zero attached hydrogens (tertiary/aromatic N) is 1. The van der Waals surface area contributed by atoms with Gasteiger partial charge in [0.15, 0.2) is 0 Å². The van der Waals surface area contributed by atoms with Crippen molar-refractivity contribution in [3.8, 4) is 0 Å². The normalized spacial score (nSPS) is 11.4. The van der Waals surface area contributed by atoms with Gasteiger partial charge in [0.1, 0.15) is 0 Å². The lowest BCUT2D eigenvalue weighted by molar-refractivity contribution is -0.384. The van der Waals surface area contributed by atoms with Crippen LogP contribution in [0.1, 0.15) is 17.3 Å². The van der Waals surface area contributed by atoms with Crippen LogP contribution in [0.3, 0.4) is 0 Å². The summed E-state index contributed by atoms with van der Waals surface area (Å²) in [4.78, 5) is 32.1. The van der Waals surface area contributed by atoms with Crippen molar-refractivity contribution in [2.75, 3.05) is 0 Å². The summed E-state index contributed by atoms with van der Waals surface area (Å²) in [5, 5.41) is 10.4. The Balaban J connectivity index is 2.62. The van der Waals surface area contributed by atoms with E-state index in [1.165, 1.54) is 24.3 Å². The van der Waals surface area contributed by atoms with Crippen LogP contribution in [0, 0.1) is 10.1 Å². The minimum absolute atomic E-state index is 0.107. The first-order valence-electron chi connectivity index (χ1n) is 4.90. The largest absolute Gasteiger partial charge is 0.272 e. The van der Waals surface area contributed by atoms with Crippen molar-refractivity contribution < 1.29 is 14.5 Å². The molecular weight excluding hydrogens is 306 g/mol. The van der Waals surface area contributed by atoms with E-state index in [0.29, 0.717) is 0 Å². The molecule has 18 heavy (non-hydrogen) atoms. The van der Waals surface area contributed by atoms with Crippen molar-refractivity contribution in [3.05, 3.63) is 39.9 Å². The number of carbonyl (C=O) groups excluding carboxylic acids is 2. The monoisotopic (exact) mass is 315 g/mol. The number of nitrogens with one attached hydrogen (secondary N) is 2. The zero-order valence-corrected chi connectivity index (χ0v) is 10.9. The first-order chi connectivity index (χ1) is 8.41. The Morgan fingerprint density at radius 3 is 2.28 bits per heavy atom. The van der Waals surface area contributed by atoms with E-state index in [-0.39, 0.29) is 11.3 Å². The zero-order chi connectivity index (χ0) is 13.7. The number of rotatable bonds is 3. The van der Waals surface area contributed by atoms with Gasteiger partial charge in [-0.2, -0.15) is 0 Å². The molecule has 8 heteroatoms. The van der Waals surface area contributed by atoms with Gasteiger partial charge in [-0.25, -0.2) is 0 Å². The number of hydrogen-bond donors (Lipinski definition) is 2. The van der Waals surface area contributed by atoms with E-state index in [2.05, 4.69) is 26.8 Å². The van der Waals surface area contributed by atoms with Crippen LogP contribution in [0.5, 0.6) is 0 Å². The number of carbonyl (C=O) groups is 2. The number of amides is 2. The Morgan fingerprint density at radius 2 is 1.83 bits per heavy atom. The number of hydrogen-bond acceptors (Lipinski definition) is 4. The topological polar surface area (TPSA) is 101 Å². The highest BCUT2D eigenvalue weighted by molar-refractivity contribution is 9.10. The Bertz CT molecular complexity index is 473. The molecule has 1 aromatic rings. The molecule has 0 saturated heterocycles. The summed E-state index contributed by atoms with van der Waals surface area (Å²) in [6.07, 6.45) is 0. The third-order valence-electron chi connectivity index (χ3n) is 2.00. The van der Waals surface area contributed by atoms with E-state index >= 15 is 0 Å². The summed E-state index contributed by atoms with van der Waals surface area (Å²) in [7, 11) is 0. The molecule has 0 aliphatic heterocycles. The maximum absolute atomic E-state index is 11.5. The van der Waals surface area contributed by atoms with Crippen molar-refractivity contribution in [1.29, 1.82) is 0 Å². The summed E-state index contributed by atoms with van der Waals surface area (Å²) < 4.78 is 0. The average Bonchev–Trinajstić information content (AvgIpc) is 2.35. The van der Waals surface area contributed by atoms with E-state index in [9.17, 15) is 19.7 Å². The molecular formula is C10H10BrN3O4. The van der Waals surface area contributed by atoms with Crippen LogP contribution >= 0.6 is 15.9 Å². The average molecular weight is 316 g/mol. The molecule has 0 aliphatic rings. The maximum Gasteiger partial charge on any atom is 0.269 e. The molecule has 7 nitrogen and oxygen atoms in total. The fraction of sp³-hybridized carbons (Fsp3) is 0.200. The van der Waals surface area contributed by atoms with Gasteiger partial charge in [0.2, 0.25) is 0 Å². The molecule has 1 atom stereocenters. The second-order valence-electron chi connectivity index (χ2n) is 3.36. The molecule has 0 aromatic heterocycles. The van der Waals surface area contributed by atoms with Crippen molar-refractivity contribution in [2.45, 2.75) is 11.8 Å². The van der Waals surface area contributed by atoms with E-state index < -0.39 is 21.6 Å². The van der Waals surface area contributed by atoms with Gasteiger partial charge >= 0.3 is 0 Å². The maximum atomic E-state index is 11.5. The van der Waals surface area contributed by atoms with Crippen LogP contribution in [0.4, 0.5) is 5.69 Å². The minimum atomic E-state index is -0.560. The summed E-state index contributed by atoms with van der Waals surface area (Å²) in [6, 6.07) is 5.03. The standard InChI is InChI=1S/C10H10BrN3O4/c1-6(11)9(15)12-13-10(16)7-2-4-8(5-3-7)14(17)18/h2-6H,1H3,(H,12,15)(H,13,16)/t6-/m1/s1. The predicted molar refractivity (Wildman–Crippen MR) is 67.1 cm³/mol. The fourth-order valence-corrected chi connectivity index (χ4v) is 1.14. The first-order valence-corrected chi connectivity index (χ1v) is 5.82. The third kappa shape index (κ3) is 3.81. The van der Waals surface area contributed by atoms with Crippen LogP contribution in [0.2, 0.25) is 0 Å². The number of benzene rings is 1. The molecule has 0 radical (unpaired) electrons. The third-order valence-corrected chi connectivity index (χ3v) is 2.42. The molecule has 1 aromatic carbocycles. The molecule has 0 bridgehead atoms.